The maximum Gasteiger partial charge on any atom is 0.445 e. The summed E-state index contributed by atoms with van der Waals surface area (Å²) in [6.07, 6.45) is 2.59. The van der Waals surface area contributed by atoms with Crippen molar-refractivity contribution in [2.24, 2.45) is 10.3 Å². The fraction of sp³-hybridized carbons (Fsp3) is 0.667. The lowest BCUT2D eigenvalue weighted by Crippen LogP contribution is -2.22. The van der Waals surface area contributed by atoms with Crippen molar-refractivity contribution in [2.75, 3.05) is 38.1 Å². The molecule has 0 aliphatic rings. The van der Waals surface area contributed by atoms with Crippen LogP contribution in [-0.2, 0) is 9.68 Å². The van der Waals surface area contributed by atoms with Gasteiger partial charge in [0.2, 0.25) is 0 Å². The summed E-state index contributed by atoms with van der Waals surface area (Å²) in [5.41, 5.74) is 0. The predicted octanol–water partition coefficient (Wildman–Crippen LogP) is 3.81. The number of hydrogen-bond donors (Lipinski definition) is 0. The third-order valence-corrected chi connectivity index (χ3v) is 5.70. The van der Waals surface area contributed by atoms with E-state index in [2.05, 4.69) is 10.3 Å². The van der Waals surface area contributed by atoms with E-state index in [-0.39, 0.29) is 0 Å². The van der Waals surface area contributed by atoms with Gasteiger partial charge < -0.3 is 0 Å². The standard InChI is InChI=1S/C12H22N4O4S4/c1-9(21-5)13-19-11(17)15(3)23-7-8-24-16(4)12(18)20-14-10(2)22-6/h7-8H2,1-6H3. The normalized spacial score (nSPS) is 11.9. The largest absolute Gasteiger partial charge is 0.445 e. The lowest BCUT2D eigenvalue weighted by molar-refractivity contribution is 0.136. The van der Waals surface area contributed by atoms with Crippen LogP contribution in [0.2, 0.25) is 0 Å². The van der Waals surface area contributed by atoms with Gasteiger partial charge in [-0.2, -0.15) is 0 Å². The van der Waals surface area contributed by atoms with Crippen molar-refractivity contribution in [2.45, 2.75) is 13.8 Å². The van der Waals surface area contributed by atoms with E-state index in [4.69, 9.17) is 9.68 Å². The molecule has 0 saturated carbocycles. The first-order chi connectivity index (χ1) is 11.3. The second-order valence-electron chi connectivity index (χ2n) is 4.00. The molecule has 12 heteroatoms. The first kappa shape index (κ1) is 23.3. The Bertz CT molecular complexity index is 434. The van der Waals surface area contributed by atoms with Gasteiger partial charge in [0.1, 0.15) is 10.1 Å². The Hall–Kier alpha value is -0.720. The van der Waals surface area contributed by atoms with Crippen molar-refractivity contribution in [1.82, 2.24) is 8.61 Å². The summed E-state index contributed by atoms with van der Waals surface area (Å²) in [4.78, 5) is 32.8. The zero-order valence-electron chi connectivity index (χ0n) is 14.5. The van der Waals surface area contributed by atoms with Crippen molar-refractivity contribution in [1.29, 1.82) is 0 Å². The first-order valence-corrected chi connectivity index (χ1v) is 11.0. The van der Waals surface area contributed by atoms with E-state index in [1.54, 1.807) is 27.9 Å². The Labute approximate surface area is 159 Å². The number of amides is 2. The molecule has 0 saturated heterocycles. The molecular formula is C12H22N4O4S4. The van der Waals surface area contributed by atoms with Gasteiger partial charge in [0.15, 0.2) is 0 Å². The molecule has 0 fully saturated rings. The molecule has 0 aliphatic carbocycles. The van der Waals surface area contributed by atoms with Crippen LogP contribution in [0.4, 0.5) is 9.59 Å². The fourth-order valence-corrected chi connectivity index (χ4v) is 2.50. The molecule has 138 valence electrons. The van der Waals surface area contributed by atoms with E-state index < -0.39 is 12.2 Å². The molecule has 0 aromatic rings. The Morgan fingerprint density at radius 2 is 1.17 bits per heavy atom. The fourth-order valence-electron chi connectivity index (χ4n) is 0.850. The molecule has 0 aliphatic heterocycles. The Kier molecular flexibility index (Phi) is 13.2. The summed E-state index contributed by atoms with van der Waals surface area (Å²) in [6.45, 7) is 3.50. The highest BCUT2D eigenvalue weighted by Gasteiger charge is 2.13. The van der Waals surface area contributed by atoms with E-state index in [0.29, 0.717) is 21.6 Å². The number of carbonyl (C=O) groups is 2. The Balaban J connectivity index is 3.99. The van der Waals surface area contributed by atoms with E-state index in [0.717, 1.165) is 0 Å². The zero-order valence-corrected chi connectivity index (χ0v) is 17.7. The molecule has 0 rings (SSSR count). The highest BCUT2D eigenvalue weighted by Crippen LogP contribution is 2.15. The molecule has 0 aromatic heterocycles. The number of thioether (sulfide) groups is 2. The lowest BCUT2D eigenvalue weighted by atomic mass is 10.9. The van der Waals surface area contributed by atoms with Crippen molar-refractivity contribution < 1.29 is 19.3 Å². The van der Waals surface area contributed by atoms with Crippen LogP contribution >= 0.6 is 47.4 Å². The molecule has 0 unspecified atom stereocenters. The van der Waals surface area contributed by atoms with Gasteiger partial charge in [-0.25, -0.2) is 9.59 Å². The van der Waals surface area contributed by atoms with Gasteiger partial charge >= 0.3 is 12.2 Å². The van der Waals surface area contributed by atoms with Crippen LogP contribution in [0, 0.1) is 0 Å². The van der Waals surface area contributed by atoms with Crippen molar-refractivity contribution in [3.63, 3.8) is 0 Å². The molecule has 0 radical (unpaired) electrons. The quantitative estimate of drug-likeness (QED) is 0.155. The SMILES string of the molecule is CSC(C)=NOC(=O)N(C)SCCSN(C)C(=O)ON=C(C)SC. The van der Waals surface area contributed by atoms with E-state index in [1.807, 2.05) is 12.5 Å². The number of nitrogens with zero attached hydrogens (tertiary/aromatic N) is 4. The van der Waals surface area contributed by atoms with Gasteiger partial charge in [-0.05, 0) is 50.3 Å². The molecule has 0 aromatic carbocycles. The lowest BCUT2D eigenvalue weighted by Gasteiger charge is -2.15. The molecule has 0 spiro atoms. The highest BCUT2D eigenvalue weighted by molar-refractivity contribution is 8.13. The molecule has 8 nitrogen and oxygen atoms in total. The van der Waals surface area contributed by atoms with Gasteiger partial charge in [0.05, 0.1) is 0 Å². The van der Waals surface area contributed by atoms with Crippen LogP contribution in [0.15, 0.2) is 10.3 Å². The number of carbonyl (C=O) groups excluding carboxylic acids is 2. The van der Waals surface area contributed by atoms with Crippen LogP contribution in [0.1, 0.15) is 13.8 Å². The summed E-state index contributed by atoms with van der Waals surface area (Å²) < 4.78 is 2.70. The van der Waals surface area contributed by atoms with E-state index in [1.165, 1.54) is 56.0 Å². The van der Waals surface area contributed by atoms with Crippen LogP contribution in [0.3, 0.4) is 0 Å². The van der Waals surface area contributed by atoms with E-state index >= 15 is 0 Å². The minimum absolute atomic E-state index is 0.548. The third kappa shape index (κ3) is 10.9. The minimum atomic E-state index is -0.548. The molecule has 0 atom stereocenters. The predicted molar refractivity (Wildman–Crippen MR) is 107 cm³/mol. The monoisotopic (exact) mass is 414 g/mol. The molecule has 0 bridgehead atoms. The minimum Gasteiger partial charge on any atom is -0.296 e. The molecule has 2 amide bonds. The van der Waals surface area contributed by atoms with Crippen LogP contribution in [0.5, 0.6) is 0 Å². The summed E-state index contributed by atoms with van der Waals surface area (Å²) in [5.74, 6) is 1.21. The first-order valence-electron chi connectivity index (χ1n) is 6.64. The summed E-state index contributed by atoms with van der Waals surface area (Å²) in [6, 6.07) is 0. The number of rotatable bonds is 7. The Morgan fingerprint density at radius 3 is 1.46 bits per heavy atom. The third-order valence-electron chi connectivity index (χ3n) is 2.26. The van der Waals surface area contributed by atoms with Gasteiger partial charge in [-0.15, -0.1) is 23.5 Å². The number of hydrogen-bond acceptors (Lipinski definition) is 10. The highest BCUT2D eigenvalue weighted by atomic mass is 32.2. The molecular weight excluding hydrogens is 392 g/mol. The summed E-state index contributed by atoms with van der Waals surface area (Å²) >= 11 is 5.34. The van der Waals surface area contributed by atoms with Crippen molar-refractivity contribution >= 4 is 69.7 Å². The topological polar surface area (TPSA) is 83.8 Å². The maximum atomic E-state index is 11.6. The summed E-state index contributed by atoms with van der Waals surface area (Å²) in [7, 11) is 3.19. The van der Waals surface area contributed by atoms with Crippen LogP contribution in [0.25, 0.3) is 0 Å². The van der Waals surface area contributed by atoms with Crippen LogP contribution in [-0.4, -0.2) is 69.0 Å². The van der Waals surface area contributed by atoms with Gasteiger partial charge in [0.25, 0.3) is 0 Å². The van der Waals surface area contributed by atoms with Gasteiger partial charge in [-0.3, -0.25) is 18.3 Å². The average Bonchev–Trinajstić information content (AvgIpc) is 2.59. The summed E-state index contributed by atoms with van der Waals surface area (Å²) in [5, 5.41) is 8.67. The zero-order chi connectivity index (χ0) is 18.5. The van der Waals surface area contributed by atoms with Gasteiger partial charge in [0, 0.05) is 25.6 Å². The van der Waals surface area contributed by atoms with Crippen molar-refractivity contribution in [3.8, 4) is 0 Å². The smallest absolute Gasteiger partial charge is 0.296 e. The number of oxime groups is 2. The second-order valence-corrected chi connectivity index (χ2v) is 8.43. The molecule has 0 N–H and O–H groups in total. The van der Waals surface area contributed by atoms with Crippen LogP contribution < -0.4 is 0 Å². The second kappa shape index (κ2) is 13.6. The Morgan fingerprint density at radius 1 is 0.833 bits per heavy atom. The van der Waals surface area contributed by atoms with Crippen molar-refractivity contribution in [3.05, 3.63) is 0 Å². The van der Waals surface area contributed by atoms with Gasteiger partial charge in [-0.1, -0.05) is 10.3 Å². The molecule has 24 heavy (non-hydrogen) atoms. The van der Waals surface area contributed by atoms with E-state index in [9.17, 15) is 9.59 Å². The maximum absolute atomic E-state index is 11.6. The molecule has 0 heterocycles. The average molecular weight is 415 g/mol.